The molecule has 2 aliphatic heterocycles. The molecule has 3 N–H and O–H groups in total. The Balaban J connectivity index is 1.62. The van der Waals surface area contributed by atoms with E-state index in [2.05, 4.69) is 45.5 Å². The van der Waals surface area contributed by atoms with E-state index in [-0.39, 0.29) is 11.9 Å². The molecule has 0 aliphatic carbocycles. The lowest BCUT2D eigenvalue weighted by atomic mass is 9.76. The molecule has 1 aromatic carbocycles. The number of guanidine groups is 1. The van der Waals surface area contributed by atoms with Crippen molar-refractivity contribution in [2.24, 2.45) is 16.6 Å². The van der Waals surface area contributed by atoms with Gasteiger partial charge in [0.25, 0.3) is 0 Å². The van der Waals surface area contributed by atoms with E-state index in [4.69, 9.17) is 5.73 Å². The Kier molecular flexibility index (Phi) is 4.30. The fraction of sp³-hybridized carbons (Fsp3) is 0.471. The van der Waals surface area contributed by atoms with Crippen LogP contribution in [0.4, 0.5) is 0 Å². The van der Waals surface area contributed by atoms with Gasteiger partial charge in [0.15, 0.2) is 11.9 Å². The minimum absolute atomic E-state index is 0.138. The van der Waals surface area contributed by atoms with Crippen LogP contribution in [0, 0.1) is 17.2 Å². The fourth-order valence-electron chi connectivity index (χ4n) is 3.45. The van der Waals surface area contributed by atoms with E-state index in [1.165, 1.54) is 5.56 Å². The number of carbonyl (C=O) groups is 1. The van der Waals surface area contributed by atoms with Crippen molar-refractivity contribution in [2.45, 2.75) is 24.8 Å². The minimum atomic E-state index is -0.744. The predicted octanol–water partition coefficient (Wildman–Crippen LogP) is 0.648. The molecule has 3 rings (SSSR count). The van der Waals surface area contributed by atoms with Gasteiger partial charge in [0, 0.05) is 19.6 Å². The van der Waals surface area contributed by atoms with Crippen molar-refractivity contribution in [1.29, 1.82) is 5.26 Å². The Hall–Kier alpha value is -2.39. The molecule has 0 aromatic heterocycles. The number of likely N-dealkylation sites (tertiary alicyclic amines) is 1. The summed E-state index contributed by atoms with van der Waals surface area (Å²) in [7, 11) is 0. The van der Waals surface area contributed by atoms with Crippen molar-refractivity contribution in [3.63, 3.8) is 0 Å². The molecule has 6 nitrogen and oxygen atoms in total. The van der Waals surface area contributed by atoms with Crippen molar-refractivity contribution < 1.29 is 4.79 Å². The Morgan fingerprint density at radius 3 is 2.70 bits per heavy atom. The zero-order chi connectivity index (χ0) is 16.3. The van der Waals surface area contributed by atoms with Crippen LogP contribution in [0.15, 0.2) is 35.3 Å². The van der Waals surface area contributed by atoms with Crippen LogP contribution in [0.3, 0.4) is 0 Å². The third kappa shape index (κ3) is 3.20. The average Bonchev–Trinajstić information content (AvgIpc) is 2.55. The van der Waals surface area contributed by atoms with Crippen molar-refractivity contribution in [1.82, 2.24) is 10.2 Å². The minimum Gasteiger partial charge on any atom is -0.370 e. The van der Waals surface area contributed by atoms with E-state index >= 15 is 0 Å². The highest BCUT2D eigenvalue weighted by Gasteiger charge is 2.48. The van der Waals surface area contributed by atoms with Gasteiger partial charge in [-0.1, -0.05) is 30.3 Å². The Bertz CT molecular complexity index is 641. The molecule has 1 atom stereocenters. The number of hydrogen-bond donors (Lipinski definition) is 2. The van der Waals surface area contributed by atoms with Gasteiger partial charge >= 0.3 is 0 Å². The Morgan fingerprint density at radius 1 is 1.35 bits per heavy atom. The normalized spacial score (nSPS) is 23.9. The highest BCUT2D eigenvalue weighted by molar-refractivity contribution is 6.01. The number of nitriles is 1. The van der Waals surface area contributed by atoms with Crippen LogP contribution in [0.5, 0.6) is 0 Å². The largest absolute Gasteiger partial charge is 0.370 e. The van der Waals surface area contributed by atoms with Crippen LogP contribution < -0.4 is 11.1 Å². The van der Waals surface area contributed by atoms with Crippen molar-refractivity contribution in [3.05, 3.63) is 35.9 Å². The van der Waals surface area contributed by atoms with Crippen molar-refractivity contribution >= 4 is 11.9 Å². The number of piperidine rings is 1. The first-order valence-corrected chi connectivity index (χ1v) is 7.95. The molecule has 2 heterocycles. The molecule has 0 saturated carbocycles. The number of nitrogens with one attached hydrogen (secondary N) is 1. The number of rotatable bonds is 3. The molecule has 1 unspecified atom stereocenters. The number of benzene rings is 1. The molecule has 23 heavy (non-hydrogen) atoms. The first kappa shape index (κ1) is 15.5. The van der Waals surface area contributed by atoms with Gasteiger partial charge in [0.05, 0.1) is 11.6 Å². The summed E-state index contributed by atoms with van der Waals surface area (Å²) in [5, 5.41) is 11.8. The number of hydrogen-bond acceptors (Lipinski definition) is 5. The topological polar surface area (TPSA) is 94.5 Å². The molecule has 1 fully saturated rings. The lowest BCUT2D eigenvalue weighted by Crippen LogP contribution is -2.58. The second-order valence-electron chi connectivity index (χ2n) is 6.23. The van der Waals surface area contributed by atoms with Crippen LogP contribution >= 0.6 is 0 Å². The van der Waals surface area contributed by atoms with Gasteiger partial charge in [-0.05, 0) is 24.8 Å². The maximum atomic E-state index is 12.0. The SMILES string of the molecule is N#CC1C(=O)NC(N)=NC12CCN(CCc1ccccc1)CC2. The summed E-state index contributed by atoms with van der Waals surface area (Å²) in [6.07, 6.45) is 2.38. The number of aliphatic imine (C=N–C) groups is 1. The molecular weight excluding hydrogens is 290 g/mol. The second-order valence-corrected chi connectivity index (χ2v) is 6.23. The molecule has 6 heteroatoms. The predicted molar refractivity (Wildman–Crippen MR) is 87.4 cm³/mol. The molecule has 0 radical (unpaired) electrons. The molecule has 1 saturated heterocycles. The summed E-state index contributed by atoms with van der Waals surface area (Å²) in [6, 6.07) is 12.5. The molecule has 120 valence electrons. The molecule has 1 amide bonds. The Labute approximate surface area is 136 Å². The van der Waals surface area contributed by atoms with Crippen molar-refractivity contribution in [2.75, 3.05) is 19.6 Å². The van der Waals surface area contributed by atoms with Crippen LogP contribution in [0.1, 0.15) is 18.4 Å². The van der Waals surface area contributed by atoms with Crippen molar-refractivity contribution in [3.8, 4) is 6.07 Å². The maximum Gasteiger partial charge on any atom is 0.246 e. The highest BCUT2D eigenvalue weighted by atomic mass is 16.2. The first-order chi connectivity index (χ1) is 11.1. The molecule has 1 spiro atoms. The summed E-state index contributed by atoms with van der Waals surface area (Å²) in [5.74, 6) is -0.928. The highest BCUT2D eigenvalue weighted by Crippen LogP contribution is 2.35. The van der Waals surface area contributed by atoms with Crippen LogP contribution in [0.2, 0.25) is 0 Å². The summed E-state index contributed by atoms with van der Waals surface area (Å²) >= 11 is 0. The zero-order valence-electron chi connectivity index (χ0n) is 13.0. The Morgan fingerprint density at radius 2 is 2.04 bits per heavy atom. The van der Waals surface area contributed by atoms with E-state index < -0.39 is 11.5 Å². The van der Waals surface area contributed by atoms with Gasteiger partial charge in [0.2, 0.25) is 5.91 Å². The first-order valence-electron chi connectivity index (χ1n) is 7.95. The number of carbonyl (C=O) groups excluding carboxylic acids is 1. The summed E-state index contributed by atoms with van der Waals surface area (Å²) < 4.78 is 0. The number of nitrogens with zero attached hydrogens (tertiary/aromatic N) is 3. The summed E-state index contributed by atoms with van der Waals surface area (Å²) in [5.41, 5.74) is 6.38. The third-order valence-electron chi connectivity index (χ3n) is 4.80. The maximum absolute atomic E-state index is 12.0. The molecular formula is C17H21N5O. The smallest absolute Gasteiger partial charge is 0.246 e. The molecule has 1 aromatic rings. The van der Waals surface area contributed by atoms with E-state index in [1.54, 1.807) is 0 Å². The molecule has 2 aliphatic rings. The lowest BCUT2D eigenvalue weighted by molar-refractivity contribution is -0.125. The fourth-order valence-corrected chi connectivity index (χ4v) is 3.45. The zero-order valence-corrected chi connectivity index (χ0v) is 13.0. The number of nitrogens with two attached hydrogens (primary N) is 1. The van der Waals surface area contributed by atoms with Crippen LogP contribution in [0.25, 0.3) is 0 Å². The molecule has 0 bridgehead atoms. The van der Waals surface area contributed by atoms with E-state index in [0.29, 0.717) is 12.8 Å². The lowest BCUT2D eigenvalue weighted by Gasteiger charge is -2.43. The van der Waals surface area contributed by atoms with E-state index in [9.17, 15) is 10.1 Å². The summed E-state index contributed by atoms with van der Waals surface area (Å²) in [4.78, 5) is 18.8. The standard InChI is InChI=1S/C17H21N5O/c18-12-14-15(23)20-16(19)21-17(14)7-10-22(11-8-17)9-6-13-4-2-1-3-5-13/h1-5,14H,6-11H2,(H3,19,20,21,23). The van der Waals surface area contributed by atoms with Gasteiger partial charge in [-0.3, -0.25) is 10.1 Å². The monoisotopic (exact) mass is 311 g/mol. The van der Waals surface area contributed by atoms with Crippen LogP contribution in [-0.4, -0.2) is 41.9 Å². The summed E-state index contributed by atoms with van der Waals surface area (Å²) in [6.45, 7) is 2.63. The average molecular weight is 311 g/mol. The number of amides is 1. The van der Waals surface area contributed by atoms with Gasteiger partial charge in [-0.25, -0.2) is 4.99 Å². The van der Waals surface area contributed by atoms with Gasteiger partial charge in [-0.15, -0.1) is 0 Å². The third-order valence-corrected chi connectivity index (χ3v) is 4.80. The van der Waals surface area contributed by atoms with Gasteiger partial charge in [0.1, 0.15) is 0 Å². The van der Waals surface area contributed by atoms with Gasteiger partial charge < -0.3 is 10.6 Å². The quantitative estimate of drug-likeness (QED) is 0.857. The van der Waals surface area contributed by atoms with Crippen LogP contribution in [-0.2, 0) is 11.2 Å². The second kappa shape index (κ2) is 6.39. The van der Waals surface area contributed by atoms with E-state index in [1.807, 2.05) is 6.07 Å². The van der Waals surface area contributed by atoms with Gasteiger partial charge in [-0.2, -0.15) is 5.26 Å². The van der Waals surface area contributed by atoms with E-state index in [0.717, 1.165) is 26.1 Å².